The van der Waals surface area contributed by atoms with Gasteiger partial charge in [0.05, 0.1) is 0 Å². The van der Waals surface area contributed by atoms with E-state index < -0.39 is 0 Å². The smallest absolute Gasteiger partial charge is 0.140 e. The minimum atomic E-state index is 0.0506. The van der Waals surface area contributed by atoms with Crippen LogP contribution in [0.25, 0.3) is 21.5 Å². The van der Waals surface area contributed by atoms with Crippen LogP contribution in [0.2, 0.25) is 0 Å². The summed E-state index contributed by atoms with van der Waals surface area (Å²) in [6.45, 7) is 2.03. The third kappa shape index (κ3) is 1.53. The van der Waals surface area contributed by atoms with Gasteiger partial charge in [-0.25, -0.2) is 0 Å². The number of carbonyl (C=O) groups excluding carboxylic acids is 1. The fraction of sp³-hybridized carbons (Fsp3) is 0.211. The van der Waals surface area contributed by atoms with E-state index in [0.717, 1.165) is 6.42 Å². The number of aryl methyl sites for hydroxylation is 1. The van der Waals surface area contributed by atoms with E-state index in [1.807, 2.05) is 6.92 Å². The van der Waals surface area contributed by atoms with Crippen LogP contribution in [0.5, 0.6) is 0 Å². The largest absolute Gasteiger partial charge is 0.299 e. The Kier molecular flexibility index (Phi) is 2.43. The van der Waals surface area contributed by atoms with E-state index in [-0.39, 0.29) is 5.92 Å². The van der Waals surface area contributed by atoms with Gasteiger partial charge in [0.15, 0.2) is 0 Å². The Bertz CT molecular complexity index is 845. The number of rotatable bonds is 0. The molecule has 1 nitrogen and oxygen atoms in total. The van der Waals surface area contributed by atoms with Gasteiger partial charge in [-0.3, -0.25) is 4.79 Å². The van der Waals surface area contributed by atoms with E-state index in [1.54, 1.807) is 0 Å². The van der Waals surface area contributed by atoms with Crippen molar-refractivity contribution in [1.29, 1.82) is 0 Å². The predicted molar refractivity (Wildman–Crippen MR) is 83.2 cm³/mol. The summed E-state index contributed by atoms with van der Waals surface area (Å²) < 4.78 is 0. The molecule has 3 aromatic rings. The molecule has 4 rings (SSSR count). The fourth-order valence-electron chi connectivity index (χ4n) is 3.49. The lowest BCUT2D eigenvalue weighted by molar-refractivity contribution is -0.120. The van der Waals surface area contributed by atoms with Crippen LogP contribution in [0.4, 0.5) is 0 Å². The lowest BCUT2D eigenvalue weighted by atomic mass is 9.80. The molecule has 98 valence electrons. The van der Waals surface area contributed by atoms with Crippen LogP contribution in [-0.4, -0.2) is 5.78 Å². The zero-order valence-electron chi connectivity index (χ0n) is 11.5. The number of benzene rings is 3. The maximum absolute atomic E-state index is 11.9. The molecular weight excluding hydrogens is 244 g/mol. The highest BCUT2D eigenvalue weighted by Gasteiger charge is 2.25. The molecule has 0 aliphatic heterocycles. The highest BCUT2D eigenvalue weighted by molar-refractivity contribution is 6.09. The van der Waals surface area contributed by atoms with Gasteiger partial charge < -0.3 is 0 Å². The first-order valence-electron chi connectivity index (χ1n) is 7.21. The molecule has 0 bridgehead atoms. The summed E-state index contributed by atoms with van der Waals surface area (Å²) in [4.78, 5) is 11.9. The van der Waals surface area contributed by atoms with Gasteiger partial charge >= 0.3 is 0 Å². The van der Waals surface area contributed by atoms with E-state index in [9.17, 15) is 4.79 Å². The van der Waals surface area contributed by atoms with Crippen molar-refractivity contribution in [2.45, 2.75) is 25.7 Å². The molecule has 0 fully saturated rings. The molecule has 0 heterocycles. The molecule has 1 aliphatic carbocycles. The van der Waals surface area contributed by atoms with E-state index in [4.69, 9.17) is 0 Å². The highest BCUT2D eigenvalue weighted by atomic mass is 16.1. The first kappa shape index (κ1) is 11.7. The maximum atomic E-state index is 11.9. The summed E-state index contributed by atoms with van der Waals surface area (Å²) >= 11 is 0. The molecule has 1 unspecified atom stereocenters. The van der Waals surface area contributed by atoms with E-state index in [1.165, 1.54) is 32.7 Å². The normalized spacial score (nSPS) is 18.4. The van der Waals surface area contributed by atoms with E-state index in [2.05, 4.69) is 48.5 Å². The second-order valence-electron chi connectivity index (χ2n) is 5.70. The van der Waals surface area contributed by atoms with Gasteiger partial charge in [0, 0.05) is 12.3 Å². The number of hydrogen-bond donors (Lipinski definition) is 0. The number of hydrogen-bond acceptors (Lipinski definition) is 1. The lowest BCUT2D eigenvalue weighted by Crippen LogP contribution is -2.18. The average molecular weight is 260 g/mol. The Labute approximate surface area is 118 Å². The Morgan fingerprint density at radius 3 is 2.55 bits per heavy atom. The van der Waals surface area contributed by atoms with Crippen molar-refractivity contribution in [2.75, 3.05) is 0 Å². The average Bonchev–Trinajstić information content (AvgIpc) is 2.50. The van der Waals surface area contributed by atoms with Crippen LogP contribution in [0.15, 0.2) is 48.5 Å². The van der Waals surface area contributed by atoms with Crippen LogP contribution >= 0.6 is 0 Å². The van der Waals surface area contributed by atoms with Crippen LogP contribution in [0.1, 0.15) is 30.4 Å². The zero-order valence-corrected chi connectivity index (χ0v) is 11.5. The Morgan fingerprint density at radius 1 is 0.850 bits per heavy atom. The molecule has 1 atom stereocenters. The van der Waals surface area contributed by atoms with Gasteiger partial charge in [0.1, 0.15) is 5.78 Å². The molecule has 1 heteroatoms. The fourth-order valence-corrected chi connectivity index (χ4v) is 3.49. The first-order valence-corrected chi connectivity index (χ1v) is 7.21. The zero-order chi connectivity index (χ0) is 13.7. The molecule has 0 radical (unpaired) electrons. The predicted octanol–water partition coefficient (Wildman–Crippen LogP) is 4.61. The van der Waals surface area contributed by atoms with Crippen molar-refractivity contribution in [3.63, 3.8) is 0 Å². The lowest BCUT2D eigenvalue weighted by Gasteiger charge is -2.23. The first-order chi connectivity index (χ1) is 9.75. The Morgan fingerprint density at radius 2 is 1.65 bits per heavy atom. The van der Waals surface area contributed by atoms with Crippen molar-refractivity contribution in [3.05, 3.63) is 59.7 Å². The van der Waals surface area contributed by atoms with Crippen molar-refractivity contribution in [3.8, 4) is 0 Å². The SMILES string of the molecule is CC1C(=O)CCc2c1ccc1c2ccc2ccccc21. The third-order valence-electron chi connectivity index (χ3n) is 4.64. The van der Waals surface area contributed by atoms with Crippen LogP contribution in [0.3, 0.4) is 0 Å². The van der Waals surface area contributed by atoms with Gasteiger partial charge in [-0.05, 0) is 39.1 Å². The van der Waals surface area contributed by atoms with Gasteiger partial charge in [-0.15, -0.1) is 0 Å². The Hall–Kier alpha value is -2.15. The minimum absolute atomic E-state index is 0.0506. The molecule has 1 aliphatic rings. The number of carbonyl (C=O) groups is 1. The van der Waals surface area contributed by atoms with Crippen molar-refractivity contribution < 1.29 is 4.79 Å². The molecular formula is C19H16O. The molecule has 0 N–H and O–H groups in total. The van der Waals surface area contributed by atoms with E-state index in [0.29, 0.717) is 12.2 Å². The van der Waals surface area contributed by atoms with Crippen molar-refractivity contribution in [2.24, 2.45) is 0 Å². The van der Waals surface area contributed by atoms with Gasteiger partial charge in [-0.1, -0.05) is 55.5 Å². The Balaban J connectivity index is 2.10. The summed E-state index contributed by atoms with van der Waals surface area (Å²) in [7, 11) is 0. The van der Waals surface area contributed by atoms with Crippen LogP contribution in [-0.2, 0) is 11.2 Å². The second-order valence-corrected chi connectivity index (χ2v) is 5.70. The molecule has 0 saturated carbocycles. The summed E-state index contributed by atoms with van der Waals surface area (Å²) in [5, 5.41) is 5.21. The minimum Gasteiger partial charge on any atom is -0.299 e. The monoisotopic (exact) mass is 260 g/mol. The summed E-state index contributed by atoms with van der Waals surface area (Å²) in [5.74, 6) is 0.423. The topological polar surface area (TPSA) is 17.1 Å². The van der Waals surface area contributed by atoms with Crippen LogP contribution in [0, 0.1) is 0 Å². The molecule has 3 aromatic carbocycles. The van der Waals surface area contributed by atoms with Gasteiger partial charge in [0.2, 0.25) is 0 Å². The maximum Gasteiger partial charge on any atom is 0.140 e. The van der Waals surface area contributed by atoms with Crippen LogP contribution < -0.4 is 0 Å². The van der Waals surface area contributed by atoms with Gasteiger partial charge in [-0.2, -0.15) is 0 Å². The number of fused-ring (bicyclic) bond motifs is 5. The summed E-state index contributed by atoms with van der Waals surface area (Å²) in [6.07, 6.45) is 1.56. The molecule has 0 aromatic heterocycles. The molecule has 0 amide bonds. The highest BCUT2D eigenvalue weighted by Crippen LogP contribution is 2.36. The van der Waals surface area contributed by atoms with E-state index >= 15 is 0 Å². The molecule has 0 spiro atoms. The number of ketones is 1. The van der Waals surface area contributed by atoms with Gasteiger partial charge in [0.25, 0.3) is 0 Å². The summed E-state index contributed by atoms with van der Waals surface area (Å²) in [6, 6.07) is 17.3. The third-order valence-corrected chi connectivity index (χ3v) is 4.64. The molecule has 20 heavy (non-hydrogen) atoms. The van der Waals surface area contributed by atoms with Crippen molar-refractivity contribution in [1.82, 2.24) is 0 Å². The molecule has 0 saturated heterocycles. The quantitative estimate of drug-likeness (QED) is 0.539. The standard InChI is InChI=1S/C19H16O/c1-12-14-8-9-17-15-5-3-2-4-13(15)6-7-18(17)16(14)10-11-19(12)20/h2-9,12H,10-11H2,1H3. The number of Topliss-reactive ketones (excluding diaryl/α,β-unsaturated/α-hetero) is 1. The summed E-state index contributed by atoms with van der Waals surface area (Å²) in [5.41, 5.74) is 2.60. The second kappa shape index (κ2) is 4.17. The van der Waals surface area contributed by atoms with Crippen molar-refractivity contribution >= 4 is 27.3 Å².